The van der Waals surface area contributed by atoms with Gasteiger partial charge < -0.3 is 14.2 Å². The molecule has 2 rings (SSSR count). The van der Waals surface area contributed by atoms with E-state index < -0.39 is 13.4 Å². The number of aliphatic hydroxyl groups is 1. The van der Waals surface area contributed by atoms with Crippen LogP contribution in [0.3, 0.4) is 0 Å². The van der Waals surface area contributed by atoms with Crippen molar-refractivity contribution in [1.29, 1.82) is 0 Å². The van der Waals surface area contributed by atoms with Gasteiger partial charge in [0.1, 0.15) is 0 Å². The van der Waals surface area contributed by atoms with E-state index in [9.17, 15) is 9.67 Å². The van der Waals surface area contributed by atoms with Gasteiger partial charge in [-0.1, -0.05) is 30.3 Å². The molecule has 0 saturated carbocycles. The molecule has 1 saturated heterocycles. The molecule has 0 radical (unpaired) electrons. The maximum atomic E-state index is 12.0. The van der Waals surface area contributed by atoms with Gasteiger partial charge in [-0.2, -0.15) is 0 Å². The van der Waals surface area contributed by atoms with Crippen molar-refractivity contribution in [2.45, 2.75) is 12.3 Å². The topological polar surface area (TPSA) is 55.8 Å². The quantitative estimate of drug-likeness (QED) is 0.789. The van der Waals surface area contributed by atoms with E-state index in [2.05, 4.69) is 0 Å². The maximum absolute atomic E-state index is 12.0. The molecule has 4 nitrogen and oxygen atoms in total. The van der Waals surface area contributed by atoms with Gasteiger partial charge >= 0.3 is 7.60 Å². The Hall–Kier alpha value is -0.670. The van der Waals surface area contributed by atoms with Crippen molar-refractivity contribution in [2.24, 2.45) is 0 Å². The maximum Gasteiger partial charge on any atom is 0.363 e. The Morgan fingerprint density at radius 2 is 1.80 bits per heavy atom. The summed E-state index contributed by atoms with van der Waals surface area (Å²) in [6.07, 6.45) is 0.714. The van der Waals surface area contributed by atoms with Crippen molar-refractivity contribution < 1.29 is 18.7 Å². The lowest BCUT2D eigenvalue weighted by Gasteiger charge is -2.26. The first kappa shape index (κ1) is 10.8. The van der Waals surface area contributed by atoms with Gasteiger partial charge in [-0.25, -0.2) is 0 Å². The van der Waals surface area contributed by atoms with E-state index >= 15 is 0 Å². The third-order valence-electron chi connectivity index (χ3n) is 2.23. The molecule has 1 fully saturated rings. The molecule has 0 aliphatic carbocycles. The van der Waals surface area contributed by atoms with Crippen LogP contribution in [0.1, 0.15) is 17.8 Å². The van der Waals surface area contributed by atoms with Crippen LogP contribution in [0.25, 0.3) is 0 Å². The predicted molar refractivity (Wildman–Crippen MR) is 55.5 cm³/mol. The summed E-state index contributed by atoms with van der Waals surface area (Å²) in [4.78, 5) is 0. The largest absolute Gasteiger partial charge is 0.376 e. The van der Waals surface area contributed by atoms with Gasteiger partial charge in [-0.3, -0.25) is 4.57 Å². The Kier molecular flexibility index (Phi) is 3.22. The number of aliphatic hydroxyl groups excluding tert-OH is 1. The Morgan fingerprint density at radius 1 is 1.20 bits per heavy atom. The van der Waals surface area contributed by atoms with Gasteiger partial charge in [0.2, 0.25) is 0 Å². The molecule has 1 unspecified atom stereocenters. The van der Waals surface area contributed by atoms with Crippen LogP contribution in [0.5, 0.6) is 0 Å². The summed E-state index contributed by atoms with van der Waals surface area (Å²) >= 11 is 0. The highest BCUT2D eigenvalue weighted by Crippen LogP contribution is 2.61. The van der Waals surface area contributed by atoms with E-state index in [1.165, 1.54) is 0 Å². The van der Waals surface area contributed by atoms with Gasteiger partial charge in [0, 0.05) is 0 Å². The Labute approximate surface area is 88.4 Å². The summed E-state index contributed by atoms with van der Waals surface area (Å²) in [6.45, 7) is 0.752. The van der Waals surface area contributed by atoms with Gasteiger partial charge in [0.15, 0.2) is 5.85 Å². The third kappa shape index (κ3) is 2.29. The zero-order chi connectivity index (χ0) is 10.7. The highest BCUT2D eigenvalue weighted by molar-refractivity contribution is 7.54. The summed E-state index contributed by atoms with van der Waals surface area (Å²) in [7, 11) is -3.37. The summed E-state index contributed by atoms with van der Waals surface area (Å²) in [5, 5.41) is 9.89. The van der Waals surface area contributed by atoms with Crippen molar-refractivity contribution >= 4 is 7.60 Å². The first-order valence-electron chi connectivity index (χ1n) is 4.84. The van der Waals surface area contributed by atoms with Crippen LogP contribution in [0, 0.1) is 0 Å². The van der Waals surface area contributed by atoms with Crippen molar-refractivity contribution in [2.75, 3.05) is 13.2 Å². The van der Waals surface area contributed by atoms with Crippen LogP contribution in [0.4, 0.5) is 0 Å². The molecule has 1 N–H and O–H groups in total. The molecule has 5 heteroatoms. The lowest BCUT2D eigenvalue weighted by atomic mass is 10.2. The molecule has 82 valence electrons. The van der Waals surface area contributed by atoms with Crippen molar-refractivity contribution in [3.63, 3.8) is 0 Å². The van der Waals surface area contributed by atoms with Gasteiger partial charge in [0.05, 0.1) is 13.2 Å². The normalized spacial score (nSPS) is 22.2. The zero-order valence-corrected chi connectivity index (χ0v) is 9.10. The molecular weight excluding hydrogens is 215 g/mol. The minimum absolute atomic E-state index is 0.376. The molecule has 1 heterocycles. The van der Waals surface area contributed by atoms with Crippen LogP contribution in [-0.4, -0.2) is 18.3 Å². The monoisotopic (exact) mass is 228 g/mol. The smallest absolute Gasteiger partial charge is 0.363 e. The van der Waals surface area contributed by atoms with E-state index in [4.69, 9.17) is 9.05 Å². The standard InChI is InChI=1S/C10H13O4P/c11-10(9-5-2-1-3-6-9)15(12)13-7-4-8-14-15/h1-3,5-6,10-11H,4,7-8H2. The molecule has 1 aromatic rings. The van der Waals surface area contributed by atoms with Crippen molar-refractivity contribution in [1.82, 2.24) is 0 Å². The fourth-order valence-electron chi connectivity index (χ4n) is 1.43. The van der Waals surface area contributed by atoms with Crippen LogP contribution < -0.4 is 0 Å². The first-order valence-corrected chi connectivity index (χ1v) is 6.45. The fraction of sp³-hybridized carbons (Fsp3) is 0.400. The first-order chi connectivity index (χ1) is 7.22. The number of hydrogen-bond acceptors (Lipinski definition) is 4. The van der Waals surface area contributed by atoms with Crippen molar-refractivity contribution in [3.8, 4) is 0 Å². The molecule has 0 amide bonds. The van der Waals surface area contributed by atoms with Crippen LogP contribution >= 0.6 is 7.60 Å². The molecule has 1 aliphatic heterocycles. The molecular formula is C10H13O4P. The summed E-state index contributed by atoms with van der Waals surface area (Å²) in [6, 6.07) is 8.77. The highest BCUT2D eigenvalue weighted by atomic mass is 31.2. The highest BCUT2D eigenvalue weighted by Gasteiger charge is 2.37. The van der Waals surface area contributed by atoms with Gasteiger partial charge in [-0.15, -0.1) is 0 Å². The molecule has 0 bridgehead atoms. The molecule has 1 atom stereocenters. The lowest BCUT2D eigenvalue weighted by molar-refractivity contribution is 0.104. The number of hydrogen-bond donors (Lipinski definition) is 1. The summed E-state index contributed by atoms with van der Waals surface area (Å²) in [5.74, 6) is -1.18. The zero-order valence-electron chi connectivity index (χ0n) is 8.20. The van der Waals surface area contributed by atoms with Crippen LogP contribution in [0.2, 0.25) is 0 Å². The Balaban J connectivity index is 2.20. The second-order valence-corrected chi connectivity index (χ2v) is 5.43. The van der Waals surface area contributed by atoms with E-state index in [1.54, 1.807) is 24.3 Å². The average Bonchev–Trinajstić information content (AvgIpc) is 2.30. The second kappa shape index (κ2) is 4.45. The van der Waals surface area contributed by atoms with Crippen LogP contribution in [-0.2, 0) is 13.6 Å². The van der Waals surface area contributed by atoms with Crippen molar-refractivity contribution in [3.05, 3.63) is 35.9 Å². The SMILES string of the molecule is O=P1(C(O)c2ccccc2)OCCCO1. The van der Waals surface area contributed by atoms with Crippen LogP contribution in [0.15, 0.2) is 30.3 Å². The van der Waals surface area contributed by atoms with E-state index in [0.29, 0.717) is 25.2 Å². The number of rotatable bonds is 2. The average molecular weight is 228 g/mol. The molecule has 15 heavy (non-hydrogen) atoms. The Morgan fingerprint density at radius 3 is 2.40 bits per heavy atom. The van der Waals surface area contributed by atoms with E-state index in [1.807, 2.05) is 6.07 Å². The molecule has 1 aromatic carbocycles. The number of benzene rings is 1. The molecule has 0 spiro atoms. The fourth-order valence-corrected chi connectivity index (χ4v) is 3.09. The summed E-state index contributed by atoms with van der Waals surface area (Å²) in [5.41, 5.74) is 0.558. The summed E-state index contributed by atoms with van der Waals surface area (Å²) < 4.78 is 22.2. The second-order valence-electron chi connectivity index (χ2n) is 3.34. The van der Waals surface area contributed by atoms with Gasteiger partial charge in [-0.05, 0) is 12.0 Å². The van der Waals surface area contributed by atoms with Gasteiger partial charge in [0.25, 0.3) is 0 Å². The molecule has 0 aromatic heterocycles. The third-order valence-corrected chi connectivity index (χ3v) is 4.21. The molecule has 1 aliphatic rings. The van der Waals surface area contributed by atoms with E-state index in [-0.39, 0.29) is 0 Å². The lowest BCUT2D eigenvalue weighted by Crippen LogP contribution is -2.13. The Bertz CT molecular complexity index is 355. The van der Waals surface area contributed by atoms with E-state index in [0.717, 1.165) is 0 Å². The minimum atomic E-state index is -3.37. The predicted octanol–water partition coefficient (Wildman–Crippen LogP) is 2.31. The minimum Gasteiger partial charge on any atom is -0.376 e.